The van der Waals surface area contributed by atoms with Crippen molar-refractivity contribution in [2.45, 2.75) is 11.8 Å². The fourth-order valence-corrected chi connectivity index (χ4v) is 4.00. The van der Waals surface area contributed by atoms with Crippen LogP contribution in [0.1, 0.15) is 20.8 Å². The van der Waals surface area contributed by atoms with Gasteiger partial charge in [0.1, 0.15) is 11.6 Å². The Hall–Kier alpha value is -0.580. The maximum Gasteiger partial charge on any atom is 0.123 e. The van der Waals surface area contributed by atoms with Crippen LogP contribution in [0.25, 0.3) is 0 Å². The summed E-state index contributed by atoms with van der Waals surface area (Å²) in [6.07, 6.45) is 0. The Bertz CT molecular complexity index is 570. The van der Waals surface area contributed by atoms with Crippen molar-refractivity contribution in [2.24, 2.45) is 0 Å². The fraction of sp³-hybridized carbons (Fsp3) is 0.231. The van der Waals surface area contributed by atoms with Gasteiger partial charge in [-0.05, 0) is 36.1 Å². The molecule has 2 rings (SSSR count). The lowest BCUT2D eigenvalue weighted by atomic mass is 10.1. The average molecular weight is 350 g/mol. The lowest BCUT2D eigenvalue weighted by Crippen LogP contribution is -1.97. The van der Waals surface area contributed by atoms with Gasteiger partial charge in [0.05, 0.1) is 17.0 Å². The van der Waals surface area contributed by atoms with Gasteiger partial charge < -0.3 is 4.74 Å². The zero-order valence-electron chi connectivity index (χ0n) is 9.84. The van der Waals surface area contributed by atoms with Gasteiger partial charge in [-0.25, -0.2) is 4.39 Å². The summed E-state index contributed by atoms with van der Waals surface area (Å²) in [6, 6.07) is 4.46. The first-order valence-corrected chi connectivity index (χ1v) is 7.43. The van der Waals surface area contributed by atoms with Crippen molar-refractivity contribution < 1.29 is 9.13 Å². The van der Waals surface area contributed by atoms with Gasteiger partial charge in [0.15, 0.2) is 0 Å². The van der Waals surface area contributed by atoms with Crippen molar-refractivity contribution in [3.8, 4) is 5.75 Å². The first kappa shape index (κ1) is 13.8. The highest BCUT2D eigenvalue weighted by Crippen LogP contribution is 2.43. The molecule has 0 aliphatic heterocycles. The highest BCUT2D eigenvalue weighted by molar-refractivity contribution is 9.09. The van der Waals surface area contributed by atoms with E-state index in [0.29, 0.717) is 10.8 Å². The molecule has 0 saturated heterocycles. The molecule has 0 aliphatic rings. The normalized spacial score (nSPS) is 12.5. The molecule has 2 aromatic rings. The molecule has 0 radical (unpaired) electrons. The van der Waals surface area contributed by atoms with Crippen molar-refractivity contribution in [1.29, 1.82) is 0 Å². The van der Waals surface area contributed by atoms with E-state index < -0.39 is 0 Å². The van der Waals surface area contributed by atoms with E-state index in [4.69, 9.17) is 16.3 Å². The SMILES string of the molecule is COc1ccc(F)cc1C(Br)c1scc(C)c1Cl. The third-order valence-electron chi connectivity index (χ3n) is 2.62. The highest BCUT2D eigenvalue weighted by Gasteiger charge is 2.21. The van der Waals surface area contributed by atoms with Crippen LogP contribution in [0.2, 0.25) is 5.02 Å². The van der Waals surface area contributed by atoms with E-state index in [0.717, 1.165) is 16.0 Å². The number of aryl methyl sites for hydroxylation is 1. The first-order valence-electron chi connectivity index (χ1n) is 5.25. The Balaban J connectivity index is 2.48. The maximum absolute atomic E-state index is 13.4. The van der Waals surface area contributed by atoms with E-state index in [1.165, 1.54) is 12.1 Å². The van der Waals surface area contributed by atoms with E-state index in [-0.39, 0.29) is 10.6 Å². The molecule has 0 amide bonds. The van der Waals surface area contributed by atoms with Gasteiger partial charge in [-0.15, -0.1) is 11.3 Å². The third kappa shape index (κ3) is 2.56. The Morgan fingerprint density at radius 2 is 2.17 bits per heavy atom. The minimum absolute atomic E-state index is 0.172. The second-order valence-corrected chi connectivity index (χ2v) is 6.05. The number of methoxy groups -OCH3 is 1. The minimum atomic E-state index is -0.292. The van der Waals surface area contributed by atoms with Crippen LogP contribution in [0.3, 0.4) is 0 Å². The molecule has 0 aliphatic carbocycles. The first-order chi connectivity index (χ1) is 8.54. The number of hydrogen-bond acceptors (Lipinski definition) is 2. The van der Waals surface area contributed by atoms with Gasteiger partial charge in [0, 0.05) is 10.4 Å². The predicted octanol–water partition coefficient (Wildman–Crippen LogP) is 5.34. The number of ether oxygens (including phenoxy) is 1. The van der Waals surface area contributed by atoms with Crippen molar-refractivity contribution >= 4 is 38.9 Å². The summed E-state index contributed by atoms with van der Waals surface area (Å²) in [7, 11) is 1.57. The molecule has 1 aromatic carbocycles. The van der Waals surface area contributed by atoms with Crippen LogP contribution in [0.15, 0.2) is 23.6 Å². The molecule has 5 heteroatoms. The summed E-state index contributed by atoms with van der Waals surface area (Å²) in [4.78, 5) is 0.785. The van der Waals surface area contributed by atoms with Crippen LogP contribution in [0.5, 0.6) is 5.75 Å². The molecule has 0 bridgehead atoms. The van der Waals surface area contributed by atoms with Crippen LogP contribution < -0.4 is 4.74 Å². The largest absolute Gasteiger partial charge is 0.496 e. The summed E-state index contributed by atoms with van der Waals surface area (Å²) in [5, 5.41) is 2.70. The van der Waals surface area contributed by atoms with Crippen molar-refractivity contribution in [2.75, 3.05) is 7.11 Å². The van der Waals surface area contributed by atoms with Crippen LogP contribution >= 0.6 is 38.9 Å². The van der Waals surface area contributed by atoms with E-state index >= 15 is 0 Å². The number of rotatable bonds is 3. The lowest BCUT2D eigenvalue weighted by Gasteiger charge is -2.13. The quantitative estimate of drug-likeness (QED) is 0.679. The monoisotopic (exact) mass is 348 g/mol. The summed E-state index contributed by atoms with van der Waals surface area (Å²) in [6.45, 7) is 1.95. The number of thiophene rings is 1. The molecule has 1 aromatic heterocycles. The van der Waals surface area contributed by atoms with Crippen LogP contribution in [-0.4, -0.2) is 7.11 Å². The summed E-state index contributed by atoms with van der Waals surface area (Å²) in [5.41, 5.74) is 1.76. The summed E-state index contributed by atoms with van der Waals surface area (Å²) < 4.78 is 18.6. The predicted molar refractivity (Wildman–Crippen MR) is 77.8 cm³/mol. The van der Waals surface area contributed by atoms with E-state index in [9.17, 15) is 4.39 Å². The Kier molecular flexibility index (Phi) is 4.30. The summed E-state index contributed by atoms with van der Waals surface area (Å²) in [5.74, 6) is 0.347. The second-order valence-electron chi connectivity index (χ2n) is 3.85. The van der Waals surface area contributed by atoms with E-state index in [1.54, 1.807) is 24.5 Å². The van der Waals surface area contributed by atoms with Crippen LogP contribution in [0.4, 0.5) is 4.39 Å². The van der Waals surface area contributed by atoms with E-state index in [2.05, 4.69) is 15.9 Å². The number of alkyl halides is 1. The van der Waals surface area contributed by atoms with Crippen LogP contribution in [0, 0.1) is 12.7 Å². The molecular formula is C13H11BrClFOS. The van der Waals surface area contributed by atoms with Gasteiger partial charge in [-0.3, -0.25) is 0 Å². The molecule has 1 heterocycles. The Morgan fingerprint density at radius 3 is 2.72 bits per heavy atom. The van der Waals surface area contributed by atoms with Gasteiger partial charge in [0.25, 0.3) is 0 Å². The Labute approximate surface area is 123 Å². The molecular weight excluding hydrogens is 339 g/mol. The van der Waals surface area contributed by atoms with Gasteiger partial charge in [-0.1, -0.05) is 27.5 Å². The third-order valence-corrected chi connectivity index (χ3v) is 5.65. The topological polar surface area (TPSA) is 9.23 Å². The fourth-order valence-electron chi connectivity index (χ4n) is 1.67. The zero-order chi connectivity index (χ0) is 13.3. The van der Waals surface area contributed by atoms with Gasteiger partial charge in [-0.2, -0.15) is 0 Å². The minimum Gasteiger partial charge on any atom is -0.496 e. The lowest BCUT2D eigenvalue weighted by molar-refractivity contribution is 0.409. The molecule has 0 spiro atoms. The van der Waals surface area contributed by atoms with Crippen molar-refractivity contribution in [1.82, 2.24) is 0 Å². The van der Waals surface area contributed by atoms with Crippen molar-refractivity contribution in [3.63, 3.8) is 0 Å². The maximum atomic E-state index is 13.4. The highest BCUT2D eigenvalue weighted by atomic mass is 79.9. The molecule has 1 nitrogen and oxygen atoms in total. The zero-order valence-corrected chi connectivity index (χ0v) is 13.0. The van der Waals surface area contributed by atoms with Crippen molar-refractivity contribution in [3.05, 3.63) is 50.4 Å². The second kappa shape index (κ2) is 5.59. The molecule has 1 atom stereocenters. The van der Waals surface area contributed by atoms with Crippen LogP contribution in [-0.2, 0) is 0 Å². The molecule has 0 saturated carbocycles. The standard InChI is InChI=1S/C13H11BrClFOS/c1-7-6-18-13(12(7)15)11(14)9-5-8(16)3-4-10(9)17-2/h3-6,11H,1-2H3. The smallest absolute Gasteiger partial charge is 0.123 e. The van der Waals surface area contributed by atoms with Gasteiger partial charge >= 0.3 is 0 Å². The molecule has 0 N–H and O–H groups in total. The Morgan fingerprint density at radius 1 is 1.44 bits per heavy atom. The number of benzene rings is 1. The molecule has 1 unspecified atom stereocenters. The summed E-state index contributed by atoms with van der Waals surface area (Å²) >= 11 is 11.3. The number of halogens is 3. The van der Waals surface area contributed by atoms with Gasteiger partial charge in [0.2, 0.25) is 0 Å². The number of hydrogen-bond donors (Lipinski definition) is 0. The molecule has 18 heavy (non-hydrogen) atoms. The molecule has 0 fully saturated rings. The van der Waals surface area contributed by atoms with E-state index in [1.807, 2.05) is 12.3 Å². The molecule has 96 valence electrons. The average Bonchev–Trinajstić information content (AvgIpc) is 2.69.